The molecule has 19 heavy (non-hydrogen) atoms. The van der Waals surface area contributed by atoms with Gasteiger partial charge in [-0.25, -0.2) is 0 Å². The van der Waals surface area contributed by atoms with Crippen LogP contribution < -0.4 is 0 Å². The van der Waals surface area contributed by atoms with Crippen LogP contribution in [0.15, 0.2) is 60.9 Å². The predicted molar refractivity (Wildman–Crippen MR) is 76.4 cm³/mol. The van der Waals surface area contributed by atoms with Crippen molar-refractivity contribution in [3.8, 4) is 0 Å². The van der Waals surface area contributed by atoms with Gasteiger partial charge in [0.05, 0.1) is 0 Å². The highest BCUT2D eigenvalue weighted by molar-refractivity contribution is 6.16. The fourth-order valence-electron chi connectivity index (χ4n) is 2.27. The first-order valence-corrected chi connectivity index (χ1v) is 6.20. The summed E-state index contributed by atoms with van der Waals surface area (Å²) in [5.41, 5.74) is 2.38. The normalized spacial score (nSPS) is 10.6. The Morgan fingerprint density at radius 1 is 0.895 bits per heavy atom. The van der Waals surface area contributed by atoms with Crippen molar-refractivity contribution in [3.63, 3.8) is 0 Å². The molecule has 3 rings (SSSR count). The number of carbonyl (C=O) groups excluding carboxylic acids is 1. The van der Waals surface area contributed by atoms with E-state index in [4.69, 9.17) is 0 Å². The third-order valence-electron chi connectivity index (χ3n) is 3.30. The standard InChI is InChI=1S/C17H13NO/c1-12-6-2-4-8-14(12)17(19)16-11-18-10-13-7-3-5-9-15(13)16/h2-11H,1H3. The molecule has 0 aliphatic carbocycles. The predicted octanol–water partition coefficient (Wildman–Crippen LogP) is 3.77. The Morgan fingerprint density at radius 2 is 1.63 bits per heavy atom. The topological polar surface area (TPSA) is 30.0 Å². The van der Waals surface area contributed by atoms with Crippen LogP contribution >= 0.6 is 0 Å². The average molecular weight is 247 g/mol. The summed E-state index contributed by atoms with van der Waals surface area (Å²) in [6.45, 7) is 1.95. The first-order valence-electron chi connectivity index (χ1n) is 6.20. The van der Waals surface area contributed by atoms with E-state index in [1.165, 1.54) is 0 Å². The molecule has 2 heteroatoms. The second-order valence-electron chi connectivity index (χ2n) is 4.55. The Bertz CT molecular complexity index is 757. The minimum atomic E-state index is 0.0300. The Labute approximate surface area is 111 Å². The molecule has 0 atom stereocenters. The van der Waals surface area contributed by atoms with Crippen LogP contribution in [0.1, 0.15) is 21.5 Å². The maximum atomic E-state index is 12.6. The maximum absolute atomic E-state index is 12.6. The van der Waals surface area contributed by atoms with E-state index in [2.05, 4.69) is 4.98 Å². The quantitative estimate of drug-likeness (QED) is 0.645. The van der Waals surface area contributed by atoms with Crippen LogP contribution in [0.5, 0.6) is 0 Å². The highest BCUT2D eigenvalue weighted by Crippen LogP contribution is 2.21. The number of ketones is 1. The zero-order chi connectivity index (χ0) is 13.2. The second-order valence-corrected chi connectivity index (χ2v) is 4.55. The van der Waals surface area contributed by atoms with Gasteiger partial charge >= 0.3 is 0 Å². The molecule has 0 bridgehead atoms. The monoisotopic (exact) mass is 247 g/mol. The molecule has 0 unspecified atom stereocenters. The summed E-state index contributed by atoms with van der Waals surface area (Å²) >= 11 is 0. The zero-order valence-corrected chi connectivity index (χ0v) is 10.6. The first-order chi connectivity index (χ1) is 9.27. The third kappa shape index (κ3) is 2.02. The molecule has 0 N–H and O–H groups in total. The van der Waals surface area contributed by atoms with Crippen molar-refractivity contribution >= 4 is 16.6 Å². The van der Waals surface area contributed by atoms with Gasteiger partial charge in [0, 0.05) is 28.9 Å². The molecular formula is C17H13NO. The number of aryl methyl sites for hydroxylation is 1. The molecule has 92 valence electrons. The summed E-state index contributed by atoms with van der Waals surface area (Å²) < 4.78 is 0. The average Bonchev–Trinajstić information content (AvgIpc) is 2.46. The Balaban J connectivity index is 2.20. The van der Waals surface area contributed by atoms with E-state index in [-0.39, 0.29) is 5.78 Å². The van der Waals surface area contributed by atoms with Crippen molar-refractivity contribution in [2.24, 2.45) is 0 Å². The molecule has 0 saturated heterocycles. The van der Waals surface area contributed by atoms with E-state index in [9.17, 15) is 4.79 Å². The number of nitrogens with zero attached hydrogens (tertiary/aromatic N) is 1. The van der Waals surface area contributed by atoms with Crippen molar-refractivity contribution in [2.45, 2.75) is 6.92 Å². The SMILES string of the molecule is Cc1ccccc1C(=O)c1cncc2ccccc12. The summed E-state index contributed by atoms with van der Waals surface area (Å²) in [5.74, 6) is 0.0300. The van der Waals surface area contributed by atoms with Crippen LogP contribution in [-0.2, 0) is 0 Å². The number of aromatic nitrogens is 1. The molecule has 2 nitrogen and oxygen atoms in total. The Hall–Kier alpha value is -2.48. The van der Waals surface area contributed by atoms with E-state index in [1.807, 2.05) is 55.5 Å². The fourth-order valence-corrected chi connectivity index (χ4v) is 2.27. The maximum Gasteiger partial charge on any atom is 0.195 e. The number of benzene rings is 2. The molecule has 0 amide bonds. The van der Waals surface area contributed by atoms with Gasteiger partial charge in [0.2, 0.25) is 0 Å². The molecule has 1 aromatic heterocycles. The van der Waals surface area contributed by atoms with E-state index in [1.54, 1.807) is 12.4 Å². The van der Waals surface area contributed by atoms with Crippen LogP contribution in [0.4, 0.5) is 0 Å². The van der Waals surface area contributed by atoms with Crippen molar-refractivity contribution in [2.75, 3.05) is 0 Å². The highest BCUT2D eigenvalue weighted by atomic mass is 16.1. The number of pyridine rings is 1. The van der Waals surface area contributed by atoms with Crippen molar-refractivity contribution in [1.29, 1.82) is 0 Å². The summed E-state index contributed by atoms with van der Waals surface area (Å²) in [4.78, 5) is 16.8. The molecule has 0 fully saturated rings. The van der Waals surface area contributed by atoms with Gasteiger partial charge < -0.3 is 0 Å². The highest BCUT2D eigenvalue weighted by Gasteiger charge is 2.14. The van der Waals surface area contributed by atoms with Crippen LogP contribution in [0.25, 0.3) is 10.8 Å². The van der Waals surface area contributed by atoms with Crippen LogP contribution in [-0.4, -0.2) is 10.8 Å². The molecular weight excluding hydrogens is 234 g/mol. The number of hydrogen-bond acceptors (Lipinski definition) is 2. The molecule has 0 aliphatic rings. The lowest BCUT2D eigenvalue weighted by molar-refractivity contribution is 0.103. The number of fused-ring (bicyclic) bond motifs is 1. The molecule has 1 heterocycles. The number of carbonyl (C=O) groups is 1. The molecule has 3 aromatic rings. The van der Waals surface area contributed by atoms with Crippen LogP contribution in [0, 0.1) is 6.92 Å². The molecule has 0 saturated carbocycles. The zero-order valence-electron chi connectivity index (χ0n) is 10.6. The van der Waals surface area contributed by atoms with Gasteiger partial charge in [0.15, 0.2) is 5.78 Å². The van der Waals surface area contributed by atoms with Gasteiger partial charge in [-0.2, -0.15) is 0 Å². The van der Waals surface area contributed by atoms with Gasteiger partial charge in [-0.3, -0.25) is 9.78 Å². The molecule has 2 aromatic carbocycles. The minimum Gasteiger partial charge on any atom is -0.289 e. The lowest BCUT2D eigenvalue weighted by Crippen LogP contribution is -2.04. The van der Waals surface area contributed by atoms with Gasteiger partial charge in [-0.1, -0.05) is 48.5 Å². The second kappa shape index (κ2) is 4.65. The lowest BCUT2D eigenvalue weighted by atomic mass is 9.97. The van der Waals surface area contributed by atoms with Gasteiger partial charge in [-0.15, -0.1) is 0 Å². The van der Waals surface area contributed by atoms with E-state index >= 15 is 0 Å². The van der Waals surface area contributed by atoms with Crippen molar-refractivity contribution in [3.05, 3.63) is 77.6 Å². The van der Waals surface area contributed by atoms with Crippen molar-refractivity contribution < 1.29 is 4.79 Å². The summed E-state index contributed by atoms with van der Waals surface area (Å²) in [7, 11) is 0. The van der Waals surface area contributed by atoms with E-state index in [0.717, 1.165) is 21.9 Å². The Morgan fingerprint density at radius 3 is 2.47 bits per heavy atom. The van der Waals surface area contributed by atoms with Gasteiger partial charge in [0.1, 0.15) is 0 Å². The summed E-state index contributed by atoms with van der Waals surface area (Å²) in [6, 6.07) is 15.5. The minimum absolute atomic E-state index is 0.0300. The van der Waals surface area contributed by atoms with Crippen LogP contribution in [0.2, 0.25) is 0 Å². The van der Waals surface area contributed by atoms with Crippen LogP contribution in [0.3, 0.4) is 0 Å². The van der Waals surface area contributed by atoms with E-state index < -0.39 is 0 Å². The molecule has 0 radical (unpaired) electrons. The summed E-state index contributed by atoms with van der Waals surface area (Å²) in [5, 5.41) is 1.94. The summed E-state index contributed by atoms with van der Waals surface area (Å²) in [6.07, 6.45) is 3.43. The van der Waals surface area contributed by atoms with Crippen molar-refractivity contribution in [1.82, 2.24) is 4.98 Å². The fraction of sp³-hybridized carbons (Fsp3) is 0.0588. The third-order valence-corrected chi connectivity index (χ3v) is 3.30. The number of hydrogen-bond donors (Lipinski definition) is 0. The van der Waals surface area contributed by atoms with E-state index in [0.29, 0.717) is 5.56 Å². The largest absolute Gasteiger partial charge is 0.289 e. The lowest BCUT2D eigenvalue weighted by Gasteiger charge is -2.07. The number of rotatable bonds is 2. The van der Waals surface area contributed by atoms with Gasteiger partial charge in [0.25, 0.3) is 0 Å². The first kappa shape index (κ1) is 11.6. The molecule has 0 aliphatic heterocycles. The smallest absolute Gasteiger partial charge is 0.195 e. The molecule has 0 spiro atoms. The van der Waals surface area contributed by atoms with Gasteiger partial charge in [-0.05, 0) is 17.9 Å². The Kier molecular flexibility index (Phi) is 2.84.